The minimum Gasteiger partial charge on any atom is -0.272 e. The molecular weight excluding hydrogens is 334 g/mol. The molecule has 0 aliphatic carbocycles. The topological polar surface area (TPSA) is 23.6 Å². The summed E-state index contributed by atoms with van der Waals surface area (Å²) in [5, 5.41) is 2.10. The number of carbonyl (C=O) groups excluding carboxylic acids is 1. The van der Waals surface area contributed by atoms with Gasteiger partial charge in [-0.2, -0.15) is 26.3 Å². The Morgan fingerprint density at radius 2 is 1.50 bits per heavy atom. The molecule has 122 valence electrons. The number of hydrazine groups is 1. The molecule has 0 radical (unpaired) electrons. The number of halogens is 6. The van der Waals surface area contributed by atoms with Crippen molar-refractivity contribution in [2.24, 2.45) is 0 Å². The summed E-state index contributed by atoms with van der Waals surface area (Å²) in [4.78, 5) is 11.8. The second-order valence-corrected chi connectivity index (χ2v) is 5.56. The molecule has 10 heteroatoms. The Morgan fingerprint density at radius 1 is 1.00 bits per heavy atom. The van der Waals surface area contributed by atoms with Crippen molar-refractivity contribution in [2.75, 3.05) is 23.7 Å². The molecule has 1 aliphatic heterocycles. The van der Waals surface area contributed by atoms with Gasteiger partial charge in [-0.25, -0.2) is 10.0 Å². The van der Waals surface area contributed by atoms with Crippen LogP contribution in [0.5, 0.6) is 0 Å². The first-order chi connectivity index (χ1) is 10.00. The van der Waals surface area contributed by atoms with E-state index in [1.807, 2.05) is 0 Å². The van der Waals surface area contributed by atoms with Gasteiger partial charge in [0.1, 0.15) is 0 Å². The Hall–Kier alpha value is -1.42. The number of alkyl halides is 6. The van der Waals surface area contributed by atoms with Gasteiger partial charge in [-0.3, -0.25) is 4.79 Å². The van der Waals surface area contributed by atoms with E-state index in [2.05, 4.69) is 0 Å². The van der Waals surface area contributed by atoms with Crippen LogP contribution in [0.15, 0.2) is 18.2 Å². The van der Waals surface area contributed by atoms with Gasteiger partial charge in [0.25, 0.3) is 5.91 Å². The molecule has 0 spiro atoms. The smallest absolute Gasteiger partial charge is 0.272 e. The third-order valence-electron chi connectivity index (χ3n) is 2.90. The first-order valence-electron chi connectivity index (χ1n) is 5.91. The number of hydrogen-bond donors (Lipinski definition) is 0. The highest BCUT2D eigenvalue weighted by Crippen LogP contribution is 2.39. The highest BCUT2D eigenvalue weighted by Gasteiger charge is 2.38. The average Bonchev–Trinajstić information content (AvgIpc) is 2.36. The minimum atomic E-state index is -4.94. The van der Waals surface area contributed by atoms with Gasteiger partial charge in [0.15, 0.2) is 0 Å². The zero-order chi connectivity index (χ0) is 16.7. The maximum atomic E-state index is 12.8. The van der Waals surface area contributed by atoms with Crippen LogP contribution >= 0.6 is 11.8 Å². The lowest BCUT2D eigenvalue weighted by Gasteiger charge is -2.35. The summed E-state index contributed by atoms with van der Waals surface area (Å²) in [6, 6.07) is 1.12. The van der Waals surface area contributed by atoms with Crippen LogP contribution in [0.25, 0.3) is 0 Å². The predicted molar refractivity (Wildman–Crippen MR) is 69.0 cm³/mol. The normalized spacial score (nSPS) is 18.0. The summed E-state index contributed by atoms with van der Waals surface area (Å²) in [6.07, 6.45) is -9.88. The Kier molecular flexibility index (Phi) is 4.35. The van der Waals surface area contributed by atoms with Crippen LogP contribution in [-0.4, -0.2) is 29.6 Å². The number of amides is 1. The third kappa shape index (κ3) is 3.49. The minimum absolute atomic E-state index is 0.0120. The van der Waals surface area contributed by atoms with Gasteiger partial charge < -0.3 is 0 Å². The zero-order valence-electron chi connectivity index (χ0n) is 11.1. The maximum absolute atomic E-state index is 12.8. The Bertz CT molecular complexity index is 554. The molecular formula is C12H10F6N2OS. The van der Waals surface area contributed by atoms with Gasteiger partial charge in [-0.1, -0.05) is 0 Å². The number of nitrogens with zero attached hydrogens (tertiary/aromatic N) is 2. The summed E-state index contributed by atoms with van der Waals surface area (Å²) < 4.78 is 76.9. The summed E-state index contributed by atoms with van der Waals surface area (Å²) in [6.45, 7) is 0. The van der Waals surface area contributed by atoms with Gasteiger partial charge in [0.05, 0.1) is 28.4 Å². The van der Waals surface area contributed by atoms with Crippen LogP contribution in [0.4, 0.5) is 32.0 Å². The van der Waals surface area contributed by atoms with Crippen LogP contribution in [0.2, 0.25) is 0 Å². The summed E-state index contributed by atoms with van der Waals surface area (Å²) in [5.41, 5.74) is -3.34. The molecule has 0 atom stereocenters. The lowest BCUT2D eigenvalue weighted by molar-refractivity contribution is -0.143. The molecule has 0 bridgehead atoms. The molecule has 2 rings (SSSR count). The van der Waals surface area contributed by atoms with E-state index in [0.717, 1.165) is 5.01 Å². The number of thioether (sulfide) groups is 1. The first kappa shape index (κ1) is 16.9. The van der Waals surface area contributed by atoms with Crippen molar-refractivity contribution in [1.82, 2.24) is 5.01 Å². The molecule has 1 saturated heterocycles. The lowest BCUT2D eigenvalue weighted by Crippen LogP contribution is -2.48. The monoisotopic (exact) mass is 344 g/mol. The second kappa shape index (κ2) is 5.65. The van der Waals surface area contributed by atoms with E-state index in [4.69, 9.17) is 0 Å². The molecule has 1 aromatic carbocycles. The third-order valence-corrected chi connectivity index (χ3v) is 3.91. The van der Waals surface area contributed by atoms with Gasteiger partial charge in [0.2, 0.25) is 0 Å². The molecule has 3 nitrogen and oxygen atoms in total. The highest BCUT2D eigenvalue weighted by atomic mass is 32.2. The summed E-state index contributed by atoms with van der Waals surface area (Å²) >= 11 is 1.22. The predicted octanol–water partition coefficient (Wildman–Crippen LogP) is 3.61. The molecule has 0 saturated carbocycles. The molecule has 1 amide bonds. The van der Waals surface area contributed by atoms with Gasteiger partial charge in [0, 0.05) is 7.05 Å². The van der Waals surface area contributed by atoms with Crippen molar-refractivity contribution in [3.05, 3.63) is 29.3 Å². The lowest BCUT2D eigenvalue weighted by atomic mass is 10.1. The van der Waals surface area contributed by atoms with Crippen molar-refractivity contribution in [3.63, 3.8) is 0 Å². The van der Waals surface area contributed by atoms with Crippen molar-refractivity contribution >= 4 is 23.4 Å². The quantitative estimate of drug-likeness (QED) is 0.727. The second-order valence-electron chi connectivity index (χ2n) is 4.60. The van der Waals surface area contributed by atoms with E-state index in [9.17, 15) is 31.1 Å². The van der Waals surface area contributed by atoms with Crippen molar-refractivity contribution in [2.45, 2.75) is 12.4 Å². The zero-order valence-corrected chi connectivity index (χ0v) is 11.9. The largest absolute Gasteiger partial charge is 0.416 e. The number of benzene rings is 1. The van der Waals surface area contributed by atoms with E-state index >= 15 is 0 Å². The number of hydrogen-bond acceptors (Lipinski definition) is 3. The SMILES string of the molecule is CN1CSCC(=O)N1c1cc(C(F)(F)F)cc(C(F)(F)F)c1. The average molecular weight is 344 g/mol. The van der Waals surface area contributed by atoms with E-state index in [1.54, 1.807) is 0 Å². The van der Waals surface area contributed by atoms with Gasteiger partial charge in [-0.05, 0) is 18.2 Å². The Labute approximate surface area is 125 Å². The highest BCUT2D eigenvalue weighted by molar-refractivity contribution is 8.00. The molecule has 1 aromatic rings. The number of anilines is 1. The standard InChI is InChI=1S/C12H10F6N2OS/c1-19-6-22-5-10(21)20(19)9-3-7(11(13,14)15)2-8(4-9)12(16,17)18/h2-4H,5-6H2,1H3. The van der Waals surface area contributed by atoms with Crippen LogP contribution in [-0.2, 0) is 17.1 Å². The molecule has 22 heavy (non-hydrogen) atoms. The number of carbonyl (C=O) groups is 1. The maximum Gasteiger partial charge on any atom is 0.416 e. The van der Waals surface area contributed by atoms with E-state index in [-0.39, 0.29) is 17.7 Å². The van der Waals surface area contributed by atoms with Crippen molar-refractivity contribution < 1.29 is 31.1 Å². The van der Waals surface area contributed by atoms with E-state index in [1.165, 1.54) is 23.8 Å². The molecule has 1 fully saturated rings. The summed E-state index contributed by atoms with van der Waals surface area (Å²) in [7, 11) is 1.41. The fourth-order valence-electron chi connectivity index (χ4n) is 1.98. The first-order valence-corrected chi connectivity index (χ1v) is 7.07. The fourth-order valence-corrected chi connectivity index (χ4v) is 2.74. The van der Waals surface area contributed by atoms with Crippen LogP contribution in [0.3, 0.4) is 0 Å². The van der Waals surface area contributed by atoms with Crippen molar-refractivity contribution in [3.8, 4) is 0 Å². The van der Waals surface area contributed by atoms with Crippen LogP contribution < -0.4 is 5.01 Å². The van der Waals surface area contributed by atoms with Gasteiger partial charge in [-0.15, -0.1) is 11.8 Å². The Balaban J connectivity index is 2.57. The van der Waals surface area contributed by atoms with Crippen LogP contribution in [0, 0.1) is 0 Å². The molecule has 1 aliphatic rings. The number of rotatable bonds is 1. The Morgan fingerprint density at radius 3 is 1.91 bits per heavy atom. The van der Waals surface area contributed by atoms with E-state index in [0.29, 0.717) is 12.1 Å². The molecule has 1 heterocycles. The molecule has 0 N–H and O–H groups in total. The van der Waals surface area contributed by atoms with Crippen molar-refractivity contribution in [1.29, 1.82) is 0 Å². The molecule has 0 unspecified atom stereocenters. The van der Waals surface area contributed by atoms with Gasteiger partial charge >= 0.3 is 12.4 Å². The van der Waals surface area contributed by atoms with Crippen LogP contribution in [0.1, 0.15) is 11.1 Å². The fraction of sp³-hybridized carbons (Fsp3) is 0.417. The summed E-state index contributed by atoms with van der Waals surface area (Å²) in [5.74, 6) is -0.308. The molecule has 0 aromatic heterocycles. The van der Waals surface area contributed by atoms with E-state index < -0.39 is 35.1 Å².